The molecular weight excluding hydrogens is 877 g/mol. The van der Waals surface area contributed by atoms with Crippen LogP contribution < -0.4 is 7.60 Å². The van der Waals surface area contributed by atoms with Crippen LogP contribution in [0.4, 0.5) is 0 Å². The third-order valence-electron chi connectivity index (χ3n) is 20.6. The molecule has 5 fully saturated rings. The van der Waals surface area contributed by atoms with E-state index in [-0.39, 0.29) is 0 Å². The van der Waals surface area contributed by atoms with Crippen LogP contribution in [0.2, 0.25) is 47.1 Å². The van der Waals surface area contributed by atoms with Crippen LogP contribution in [0.3, 0.4) is 0 Å². The van der Waals surface area contributed by atoms with Crippen molar-refractivity contribution >= 4 is 24.5 Å². The maximum absolute atomic E-state index is 4.81. The van der Waals surface area contributed by atoms with Crippen molar-refractivity contribution in [2.24, 2.45) is 23.2 Å². The Bertz CT molecular complexity index is 2320. The number of hydrogen-bond donors (Lipinski definition) is 2. The number of rotatable bonds is 6. The van der Waals surface area contributed by atoms with Gasteiger partial charge >= 0.3 is 400 Å². The summed E-state index contributed by atoms with van der Waals surface area (Å²) in [6.07, 6.45) is 35.7. The monoisotopic (exact) mass is 971 g/mol. The van der Waals surface area contributed by atoms with Gasteiger partial charge in [0.25, 0.3) is 0 Å². The molecule has 0 aliphatic heterocycles. The number of nitrogens with one attached hydrogen (secondary N) is 2. The third kappa shape index (κ3) is 9.14. The zero-order chi connectivity index (χ0) is 45.5. The molecule has 11 rings (SSSR count). The quantitative estimate of drug-likeness (QED) is 0.282. The number of fused-ring (bicyclic) bond motifs is 4. The van der Waals surface area contributed by atoms with E-state index in [0.717, 1.165) is 23.8 Å². The topological polar surface area (TPSA) is 24.1 Å². The molecule has 2 atom stereocenters. The number of aryl methyl sites for hydroxylation is 2. The van der Waals surface area contributed by atoms with Gasteiger partial charge in [-0.3, -0.25) is 0 Å². The van der Waals surface area contributed by atoms with Gasteiger partial charge in [-0.2, -0.15) is 0 Å². The van der Waals surface area contributed by atoms with Crippen LogP contribution in [-0.4, -0.2) is 24.0 Å². The Labute approximate surface area is 396 Å². The molecule has 0 radical (unpaired) electrons. The molecule has 9 aliphatic rings. The summed E-state index contributed by atoms with van der Waals surface area (Å²) in [6, 6.07) is 11.3. The van der Waals surface area contributed by atoms with E-state index < -0.39 is 41.0 Å². The van der Waals surface area contributed by atoms with Crippen molar-refractivity contribution in [3.63, 3.8) is 0 Å². The van der Waals surface area contributed by atoms with Crippen molar-refractivity contribution in [3.05, 3.63) is 79.9 Å². The average molecular weight is 971 g/mol. The Morgan fingerprint density at radius 3 is 1.42 bits per heavy atom. The molecule has 2 unspecified atom stereocenters. The molecule has 352 valence electrons. The van der Waals surface area contributed by atoms with Crippen LogP contribution >= 0.6 is 0 Å². The molecule has 0 heterocycles. The van der Waals surface area contributed by atoms with E-state index in [2.05, 4.69) is 115 Å². The summed E-state index contributed by atoms with van der Waals surface area (Å²) >= 11 is -6.10. The van der Waals surface area contributed by atoms with E-state index in [4.69, 9.17) is 3.80 Å². The number of hydrogen-bond acceptors (Lipinski definition) is 2. The SMILES string of the molecule is CC1=Cc2cc3c(cc2[CH]1[Ti]([CH3])([CH3])([NH]C12CC4CC(CC(C4)C1)C2)=[Si](C)C)CC(C)(C)C3.CC1=Cc2cc3c(cc2[CH]1[Ti]([CH3])([CH3])([NH]C1CCCCCCCCCCC1)=[Si](C)C)CCC3. The van der Waals surface area contributed by atoms with Crippen LogP contribution in [0.25, 0.3) is 12.2 Å². The van der Waals surface area contributed by atoms with Crippen molar-refractivity contribution in [1.82, 2.24) is 7.60 Å². The normalized spacial score (nSPS) is 30.2. The fourth-order valence-electron chi connectivity index (χ4n) is 17.0. The summed E-state index contributed by atoms with van der Waals surface area (Å²) in [4.78, 5) is 0. The fourth-order valence-corrected chi connectivity index (χ4v) is 45.9. The maximum atomic E-state index is 4.81. The molecule has 0 spiro atoms. The van der Waals surface area contributed by atoms with Crippen molar-refractivity contribution in [1.29, 1.82) is 0 Å². The van der Waals surface area contributed by atoms with E-state index in [1.165, 1.54) is 122 Å². The predicted octanol–water partition coefficient (Wildman–Crippen LogP) is 16.6. The van der Waals surface area contributed by atoms with E-state index in [1.807, 2.05) is 0 Å². The molecule has 0 amide bonds. The molecule has 4 bridgehead atoms. The standard InChI is InChI=1S/C15H17.C13H13.C12H24N.C10H16N.2C2H6Si.4CH3.2Ti/c1-10-4-11-6-13-8-15(2,3)9-14(13)7-12(11)5-10;1-9-5-12-7-10-3-2-4-11(10)8-13(12)6-9;13-12-10-8-6-4-2-1-3-5-7-9-11-12;11-10-4-7-1-8(5-10)3-9(2-7)6-10;2*1-3-2;;;;;;/h4-7H,8-9H2,1-3H3;5-8H,2-4H2,1H3;12-13H,1-11H2;7-9,11H,1-6H2;2*1-2H3;4*1H3;;/q;;2*-1;;;;;;;2*+1. The fraction of sp³-hybridized carbons (Fsp3) is 0.724. The Morgan fingerprint density at radius 1 is 0.531 bits per heavy atom. The number of benzene rings is 2. The molecule has 6 heteroatoms. The first-order valence-corrected chi connectivity index (χ1v) is 46.7. The summed E-state index contributed by atoms with van der Waals surface area (Å²) in [5.41, 5.74) is 17.4. The summed E-state index contributed by atoms with van der Waals surface area (Å²) < 4.78 is 10.8. The van der Waals surface area contributed by atoms with E-state index in [0.29, 0.717) is 19.4 Å². The first-order valence-electron chi connectivity index (χ1n) is 27.4. The second-order valence-electron chi connectivity index (χ2n) is 27.4. The van der Waals surface area contributed by atoms with Crippen LogP contribution in [0.15, 0.2) is 35.4 Å². The van der Waals surface area contributed by atoms with Crippen LogP contribution in [0, 0.1) is 23.2 Å². The zero-order valence-electron chi connectivity index (χ0n) is 43.5. The molecule has 0 saturated heterocycles. The van der Waals surface area contributed by atoms with E-state index in [9.17, 15) is 0 Å². The van der Waals surface area contributed by atoms with Crippen molar-refractivity contribution < 1.29 is 28.6 Å². The van der Waals surface area contributed by atoms with Crippen LogP contribution in [0.1, 0.15) is 196 Å². The van der Waals surface area contributed by atoms with Gasteiger partial charge in [0.05, 0.1) is 0 Å². The second-order valence-corrected chi connectivity index (χ2v) is 71.7. The molecule has 2 N–H and O–H groups in total. The van der Waals surface area contributed by atoms with Gasteiger partial charge in [-0.25, -0.2) is 0 Å². The minimum absolute atomic E-state index is 0.433. The zero-order valence-corrected chi connectivity index (χ0v) is 48.6. The van der Waals surface area contributed by atoms with E-state index >= 15 is 0 Å². The third-order valence-corrected chi connectivity index (χ3v) is 70.9. The molecule has 2 aromatic rings. The Kier molecular flexibility index (Phi) is 13.6. The van der Waals surface area contributed by atoms with Crippen molar-refractivity contribution in [2.75, 3.05) is 0 Å². The molecular formula is C58H94N2Si2Ti2. The minimum atomic E-state index is -3.08. The second kappa shape index (κ2) is 17.8. The Hall–Kier alpha value is -0.298. The summed E-state index contributed by atoms with van der Waals surface area (Å²) in [7, 11) is 0. The van der Waals surface area contributed by atoms with Gasteiger partial charge in [0.15, 0.2) is 0 Å². The molecule has 2 aromatic carbocycles. The van der Waals surface area contributed by atoms with Gasteiger partial charge in [-0.05, 0) is 0 Å². The number of allylic oxidation sites excluding steroid dienone is 2. The van der Waals surface area contributed by atoms with Crippen molar-refractivity contribution in [2.45, 2.75) is 236 Å². The first-order chi connectivity index (χ1) is 30.1. The molecule has 64 heavy (non-hydrogen) atoms. The van der Waals surface area contributed by atoms with E-state index in [1.54, 1.807) is 74.9 Å². The predicted molar refractivity (Wildman–Crippen MR) is 279 cm³/mol. The Morgan fingerprint density at radius 2 is 0.938 bits per heavy atom. The van der Waals surface area contributed by atoms with Gasteiger partial charge in [0, 0.05) is 0 Å². The van der Waals surface area contributed by atoms with Gasteiger partial charge in [0.1, 0.15) is 0 Å². The van der Waals surface area contributed by atoms with Gasteiger partial charge < -0.3 is 0 Å². The van der Waals surface area contributed by atoms with Crippen molar-refractivity contribution in [3.8, 4) is 0 Å². The summed E-state index contributed by atoms with van der Waals surface area (Å²) in [6.45, 7) is 20.4. The summed E-state index contributed by atoms with van der Waals surface area (Å²) in [5, 5.41) is 11.3. The molecule has 9 aliphatic carbocycles. The van der Waals surface area contributed by atoms with Crippen LogP contribution in [-0.2, 0) is 54.3 Å². The van der Waals surface area contributed by atoms with Gasteiger partial charge in [-0.15, -0.1) is 0 Å². The molecule has 2 nitrogen and oxygen atoms in total. The Balaban J connectivity index is 0.000000162. The van der Waals surface area contributed by atoms with Crippen LogP contribution in [0.5, 0.6) is 0 Å². The summed E-state index contributed by atoms with van der Waals surface area (Å²) in [5.74, 6) is 3.06. The average Bonchev–Trinajstić information content (AvgIpc) is 3.94. The molecule has 0 aromatic heterocycles. The van der Waals surface area contributed by atoms with Gasteiger partial charge in [-0.1, -0.05) is 0 Å². The van der Waals surface area contributed by atoms with Gasteiger partial charge in [0.2, 0.25) is 0 Å². The molecule has 5 saturated carbocycles. The first kappa shape index (κ1) is 48.7.